The van der Waals surface area contributed by atoms with E-state index in [0.29, 0.717) is 30.0 Å². The van der Waals surface area contributed by atoms with Gasteiger partial charge in [0.15, 0.2) is 0 Å². The summed E-state index contributed by atoms with van der Waals surface area (Å²) < 4.78 is 32.7. The van der Waals surface area contributed by atoms with E-state index in [1.54, 1.807) is 66.9 Å². The Morgan fingerprint density at radius 1 is 0.878 bits per heavy atom. The average Bonchev–Trinajstić information content (AvgIpc) is 3.01. The number of esters is 1. The lowest BCUT2D eigenvalue weighted by molar-refractivity contribution is 0.0734. The number of carbonyl (C=O) groups excluding carboxylic acids is 1. The lowest BCUT2D eigenvalue weighted by Gasteiger charge is -2.36. The second kappa shape index (κ2) is 13.2. The molecule has 0 atom stereocenters. The molecule has 0 aliphatic carbocycles. The molecular formula is C33H30F2N4O2. The Bertz CT molecular complexity index is 1470. The summed E-state index contributed by atoms with van der Waals surface area (Å²) in [5.41, 5.74) is 2.67. The fourth-order valence-electron chi connectivity index (χ4n) is 5.23. The molecule has 0 radical (unpaired) electrons. The molecule has 41 heavy (non-hydrogen) atoms. The zero-order valence-electron chi connectivity index (χ0n) is 22.5. The molecule has 0 amide bonds. The molecule has 0 N–H and O–H groups in total. The van der Waals surface area contributed by atoms with Crippen molar-refractivity contribution in [3.63, 3.8) is 0 Å². The quantitative estimate of drug-likeness (QED) is 0.182. The van der Waals surface area contributed by atoms with Crippen molar-refractivity contribution in [1.29, 1.82) is 5.26 Å². The molecule has 6 nitrogen and oxygen atoms in total. The molecule has 8 heteroatoms. The third kappa shape index (κ3) is 6.94. The second-order valence-electron chi connectivity index (χ2n) is 10.00. The first-order valence-corrected chi connectivity index (χ1v) is 13.7. The van der Waals surface area contributed by atoms with Gasteiger partial charge in [0.1, 0.15) is 34.8 Å². The maximum atomic E-state index is 13.6. The van der Waals surface area contributed by atoms with Crippen molar-refractivity contribution >= 4 is 11.8 Å². The summed E-state index contributed by atoms with van der Waals surface area (Å²) >= 11 is 0. The molecule has 4 aromatic rings. The first-order valence-electron chi connectivity index (χ1n) is 13.7. The van der Waals surface area contributed by atoms with Crippen LogP contribution in [0.4, 0.5) is 14.6 Å². The zero-order chi connectivity index (χ0) is 28.6. The number of nitrogens with zero attached hydrogens (tertiary/aromatic N) is 4. The van der Waals surface area contributed by atoms with Crippen LogP contribution in [-0.4, -0.2) is 48.6 Å². The third-order valence-electron chi connectivity index (χ3n) is 7.40. The molecule has 1 aromatic heterocycles. The van der Waals surface area contributed by atoms with Gasteiger partial charge in [-0.3, -0.25) is 4.90 Å². The van der Waals surface area contributed by atoms with Crippen LogP contribution in [0.25, 0.3) is 0 Å². The van der Waals surface area contributed by atoms with Crippen molar-refractivity contribution in [2.45, 2.75) is 18.8 Å². The van der Waals surface area contributed by atoms with Gasteiger partial charge in [-0.25, -0.2) is 18.6 Å². The summed E-state index contributed by atoms with van der Waals surface area (Å²) in [4.78, 5) is 22.0. The lowest BCUT2D eigenvalue weighted by Crippen LogP contribution is -2.47. The van der Waals surface area contributed by atoms with Crippen LogP contribution >= 0.6 is 0 Å². The van der Waals surface area contributed by atoms with Crippen molar-refractivity contribution in [1.82, 2.24) is 9.88 Å². The SMILES string of the molecule is N#Cc1ccccc1OC(=O)c1cccnc1N1CCN(CCCC(c2ccc(F)cc2)c2ccc(F)cc2)CC1. The normalized spacial score (nSPS) is 13.7. The Labute approximate surface area is 238 Å². The molecule has 5 rings (SSSR count). The molecule has 1 aliphatic rings. The van der Waals surface area contributed by atoms with E-state index >= 15 is 0 Å². The first kappa shape index (κ1) is 27.9. The van der Waals surface area contributed by atoms with Crippen molar-refractivity contribution < 1.29 is 18.3 Å². The lowest BCUT2D eigenvalue weighted by atomic mass is 9.87. The van der Waals surface area contributed by atoms with Gasteiger partial charge in [0.2, 0.25) is 0 Å². The number of aromatic nitrogens is 1. The van der Waals surface area contributed by atoms with Gasteiger partial charge in [0.05, 0.1) is 5.56 Å². The van der Waals surface area contributed by atoms with E-state index in [9.17, 15) is 18.8 Å². The number of benzene rings is 3. The van der Waals surface area contributed by atoms with Crippen LogP contribution in [0.15, 0.2) is 91.1 Å². The standard InChI is InChI=1S/C33H30F2N4O2/c34-27-13-9-24(10-14-27)29(25-11-15-28(35)16-12-25)7-4-18-38-19-21-39(22-20-38)32-30(6-3-17-37-32)33(40)41-31-8-2-1-5-26(31)23-36/h1-3,5-6,8-17,29H,4,7,18-22H2. The number of nitriles is 1. The molecule has 0 saturated carbocycles. The van der Waals surface area contributed by atoms with Gasteiger partial charge in [-0.2, -0.15) is 5.26 Å². The van der Waals surface area contributed by atoms with Crippen LogP contribution < -0.4 is 9.64 Å². The monoisotopic (exact) mass is 552 g/mol. The van der Waals surface area contributed by atoms with E-state index in [2.05, 4.69) is 14.8 Å². The van der Waals surface area contributed by atoms with Crippen molar-refractivity contribution in [2.24, 2.45) is 0 Å². The Morgan fingerprint density at radius 2 is 1.51 bits per heavy atom. The molecule has 208 valence electrons. The van der Waals surface area contributed by atoms with Gasteiger partial charge < -0.3 is 9.64 Å². The van der Waals surface area contributed by atoms with E-state index in [1.165, 1.54) is 24.3 Å². The van der Waals surface area contributed by atoms with Crippen LogP contribution in [-0.2, 0) is 0 Å². The van der Waals surface area contributed by atoms with E-state index in [4.69, 9.17) is 4.74 Å². The fraction of sp³-hybridized carbons (Fsp3) is 0.242. The van der Waals surface area contributed by atoms with Gasteiger partial charge in [-0.15, -0.1) is 0 Å². The van der Waals surface area contributed by atoms with Crippen molar-refractivity contribution in [3.8, 4) is 11.8 Å². The van der Waals surface area contributed by atoms with Crippen LogP contribution in [0.1, 0.15) is 45.8 Å². The number of ether oxygens (including phenoxy) is 1. The smallest absolute Gasteiger partial charge is 0.347 e. The number of piperazine rings is 1. The van der Waals surface area contributed by atoms with Gasteiger partial charge in [0, 0.05) is 38.3 Å². The van der Waals surface area contributed by atoms with E-state index in [1.807, 2.05) is 6.07 Å². The van der Waals surface area contributed by atoms with Crippen LogP contribution in [0.5, 0.6) is 5.75 Å². The van der Waals surface area contributed by atoms with Crippen LogP contribution in [0, 0.1) is 23.0 Å². The number of carbonyl (C=O) groups is 1. The summed E-state index contributed by atoms with van der Waals surface area (Å²) in [6.07, 6.45) is 3.42. The van der Waals surface area contributed by atoms with E-state index in [-0.39, 0.29) is 23.3 Å². The molecule has 1 aliphatic heterocycles. The number of hydrogen-bond acceptors (Lipinski definition) is 6. The maximum absolute atomic E-state index is 13.6. The largest absolute Gasteiger partial charge is 0.421 e. The molecular weight excluding hydrogens is 522 g/mol. The van der Waals surface area contributed by atoms with Gasteiger partial charge in [-0.05, 0) is 79.0 Å². The average molecular weight is 553 g/mol. The summed E-state index contributed by atoms with van der Waals surface area (Å²) in [5.74, 6) is -0.267. The number of hydrogen-bond donors (Lipinski definition) is 0. The first-order chi connectivity index (χ1) is 20.0. The highest BCUT2D eigenvalue weighted by Gasteiger charge is 2.24. The predicted molar refractivity (Wildman–Crippen MR) is 153 cm³/mol. The molecule has 2 heterocycles. The van der Waals surface area contributed by atoms with Gasteiger partial charge >= 0.3 is 5.97 Å². The third-order valence-corrected chi connectivity index (χ3v) is 7.40. The highest BCUT2D eigenvalue weighted by Crippen LogP contribution is 2.30. The van der Waals surface area contributed by atoms with Crippen molar-refractivity contribution in [2.75, 3.05) is 37.6 Å². The number of rotatable bonds is 9. The number of pyridine rings is 1. The number of halogens is 2. The Kier molecular flexibility index (Phi) is 8.97. The maximum Gasteiger partial charge on any atom is 0.347 e. The van der Waals surface area contributed by atoms with E-state index in [0.717, 1.165) is 43.6 Å². The minimum atomic E-state index is -0.550. The van der Waals surface area contributed by atoms with Crippen molar-refractivity contribution in [3.05, 3.63) is 125 Å². The molecule has 1 saturated heterocycles. The minimum Gasteiger partial charge on any atom is -0.421 e. The predicted octanol–water partition coefficient (Wildman–Crippen LogP) is 6.18. The van der Waals surface area contributed by atoms with Crippen LogP contribution in [0.3, 0.4) is 0 Å². The van der Waals surface area contributed by atoms with E-state index < -0.39 is 5.97 Å². The molecule has 0 unspecified atom stereocenters. The molecule has 3 aromatic carbocycles. The minimum absolute atomic E-state index is 0.0470. The molecule has 1 fully saturated rings. The highest BCUT2D eigenvalue weighted by molar-refractivity contribution is 5.96. The molecule has 0 bridgehead atoms. The van der Waals surface area contributed by atoms with Crippen LogP contribution in [0.2, 0.25) is 0 Å². The molecule has 0 spiro atoms. The summed E-state index contributed by atoms with van der Waals surface area (Å²) in [6, 6.07) is 25.2. The summed E-state index contributed by atoms with van der Waals surface area (Å²) in [6.45, 7) is 3.89. The second-order valence-corrected chi connectivity index (χ2v) is 10.00. The number of para-hydroxylation sites is 1. The van der Waals surface area contributed by atoms with Gasteiger partial charge in [-0.1, -0.05) is 36.4 Å². The Hall–Kier alpha value is -4.61. The Balaban J connectivity index is 1.19. The topological polar surface area (TPSA) is 69.5 Å². The highest BCUT2D eigenvalue weighted by atomic mass is 19.1. The summed E-state index contributed by atoms with van der Waals surface area (Å²) in [5, 5.41) is 9.32. The number of anilines is 1. The fourth-order valence-corrected chi connectivity index (χ4v) is 5.23. The zero-order valence-corrected chi connectivity index (χ0v) is 22.5. The summed E-state index contributed by atoms with van der Waals surface area (Å²) in [7, 11) is 0. The van der Waals surface area contributed by atoms with Gasteiger partial charge in [0.25, 0.3) is 0 Å². The Morgan fingerprint density at radius 3 is 2.15 bits per heavy atom.